The molecule has 2 heterocycles. The van der Waals surface area contributed by atoms with Crippen molar-refractivity contribution in [1.82, 2.24) is 5.32 Å². The number of rotatable bonds is 1. The zero-order valence-corrected chi connectivity index (χ0v) is 12.1. The minimum atomic E-state index is 0.105. The summed E-state index contributed by atoms with van der Waals surface area (Å²) in [6.07, 6.45) is 5.30. The molecule has 1 saturated carbocycles. The van der Waals surface area contributed by atoms with Gasteiger partial charge in [-0.05, 0) is 50.0 Å². The number of nitrogens with one attached hydrogen (secondary N) is 1. The van der Waals surface area contributed by atoms with Crippen LogP contribution in [0.5, 0.6) is 0 Å². The number of morpholine rings is 1. The molecule has 1 spiro atoms. The van der Waals surface area contributed by atoms with E-state index in [1.807, 2.05) is 11.3 Å². The Morgan fingerprint density at radius 3 is 2.78 bits per heavy atom. The lowest BCUT2D eigenvalue weighted by Crippen LogP contribution is -2.55. The van der Waals surface area contributed by atoms with Crippen molar-refractivity contribution < 1.29 is 4.74 Å². The molecular weight excluding hydrogens is 242 g/mol. The lowest BCUT2D eigenvalue weighted by atomic mass is 9.78. The van der Waals surface area contributed by atoms with E-state index < -0.39 is 0 Å². The molecule has 0 radical (unpaired) electrons. The van der Waals surface area contributed by atoms with Gasteiger partial charge in [0.15, 0.2) is 0 Å². The van der Waals surface area contributed by atoms with E-state index in [1.54, 1.807) is 0 Å². The highest BCUT2D eigenvalue weighted by atomic mass is 32.1. The number of hydrogen-bond acceptors (Lipinski definition) is 3. The summed E-state index contributed by atoms with van der Waals surface area (Å²) in [6, 6.07) is 4.76. The fraction of sp³-hybridized carbons (Fsp3) is 0.733. The van der Waals surface area contributed by atoms with Gasteiger partial charge in [0.05, 0.1) is 5.60 Å². The molecule has 1 aromatic heterocycles. The van der Waals surface area contributed by atoms with Crippen LogP contribution in [-0.2, 0) is 4.74 Å². The first-order valence-corrected chi connectivity index (χ1v) is 8.01. The van der Waals surface area contributed by atoms with Gasteiger partial charge in [-0.2, -0.15) is 0 Å². The molecule has 1 aliphatic heterocycles. The molecule has 1 aliphatic carbocycles. The van der Waals surface area contributed by atoms with E-state index in [9.17, 15) is 0 Å². The van der Waals surface area contributed by atoms with Gasteiger partial charge in [0.1, 0.15) is 6.10 Å². The summed E-state index contributed by atoms with van der Waals surface area (Å²) in [5.41, 5.74) is 0.105. The van der Waals surface area contributed by atoms with E-state index in [1.165, 1.54) is 30.6 Å². The third-order valence-corrected chi connectivity index (χ3v) is 5.52. The third kappa shape index (κ3) is 2.36. The molecule has 2 atom stereocenters. The summed E-state index contributed by atoms with van der Waals surface area (Å²) in [6.45, 7) is 5.63. The molecule has 0 aromatic carbocycles. The van der Waals surface area contributed by atoms with Gasteiger partial charge in [-0.1, -0.05) is 13.0 Å². The van der Waals surface area contributed by atoms with Crippen molar-refractivity contribution in [2.24, 2.45) is 5.92 Å². The minimum Gasteiger partial charge on any atom is -0.363 e. The monoisotopic (exact) mass is 265 g/mol. The highest BCUT2D eigenvalue weighted by Gasteiger charge is 2.42. The van der Waals surface area contributed by atoms with Gasteiger partial charge in [-0.25, -0.2) is 0 Å². The fourth-order valence-corrected chi connectivity index (χ4v) is 4.07. The van der Waals surface area contributed by atoms with Crippen molar-refractivity contribution in [2.45, 2.75) is 57.3 Å². The van der Waals surface area contributed by atoms with Crippen molar-refractivity contribution in [3.63, 3.8) is 0 Å². The van der Waals surface area contributed by atoms with E-state index in [4.69, 9.17) is 4.74 Å². The Morgan fingerprint density at radius 1 is 1.33 bits per heavy atom. The first-order valence-electron chi connectivity index (χ1n) is 7.13. The molecule has 2 unspecified atom stereocenters. The molecule has 18 heavy (non-hydrogen) atoms. The fourth-order valence-electron chi connectivity index (χ4n) is 3.21. The number of hydrogen-bond donors (Lipinski definition) is 1. The van der Waals surface area contributed by atoms with E-state index in [2.05, 4.69) is 36.7 Å². The van der Waals surface area contributed by atoms with E-state index in [0.717, 1.165) is 12.5 Å². The molecule has 3 rings (SSSR count). The van der Waals surface area contributed by atoms with Gasteiger partial charge in [0.25, 0.3) is 0 Å². The van der Waals surface area contributed by atoms with Gasteiger partial charge in [-0.3, -0.25) is 0 Å². The average molecular weight is 265 g/mol. The normalized spacial score (nSPS) is 41.1. The molecule has 0 bridgehead atoms. The number of thiophene rings is 1. The van der Waals surface area contributed by atoms with Crippen LogP contribution in [0.15, 0.2) is 17.5 Å². The smallest absolute Gasteiger partial charge is 0.107 e. The van der Waals surface area contributed by atoms with E-state index in [0.29, 0.717) is 6.04 Å². The Balaban J connectivity index is 1.76. The predicted octanol–water partition coefficient (Wildman–Crippen LogP) is 3.75. The van der Waals surface area contributed by atoms with Crippen LogP contribution >= 0.6 is 11.3 Å². The molecule has 2 aliphatic rings. The lowest BCUT2D eigenvalue weighted by Gasteiger charge is -2.47. The highest BCUT2D eigenvalue weighted by molar-refractivity contribution is 7.10. The minimum absolute atomic E-state index is 0.105. The summed E-state index contributed by atoms with van der Waals surface area (Å²) >= 11 is 1.82. The maximum Gasteiger partial charge on any atom is 0.107 e. The maximum atomic E-state index is 6.57. The van der Waals surface area contributed by atoms with E-state index >= 15 is 0 Å². The highest BCUT2D eigenvalue weighted by Crippen LogP contribution is 2.42. The Hall–Kier alpha value is -0.380. The predicted molar refractivity (Wildman–Crippen MR) is 76.0 cm³/mol. The van der Waals surface area contributed by atoms with Gasteiger partial charge in [0.2, 0.25) is 0 Å². The van der Waals surface area contributed by atoms with Gasteiger partial charge < -0.3 is 10.1 Å². The van der Waals surface area contributed by atoms with Crippen LogP contribution in [0.2, 0.25) is 0 Å². The van der Waals surface area contributed by atoms with Crippen molar-refractivity contribution in [3.05, 3.63) is 22.4 Å². The van der Waals surface area contributed by atoms with Crippen LogP contribution in [0, 0.1) is 5.92 Å². The Labute approximate surface area is 114 Å². The molecule has 2 nitrogen and oxygen atoms in total. The van der Waals surface area contributed by atoms with Gasteiger partial charge >= 0.3 is 0 Å². The molecular formula is C15H23NOS. The zero-order valence-electron chi connectivity index (χ0n) is 11.3. The summed E-state index contributed by atoms with van der Waals surface area (Å²) in [4.78, 5) is 1.37. The molecule has 100 valence electrons. The standard InChI is InChI=1S/C15H23NOS/c1-11-5-7-15(8-6-11)10-16-12(2)14(17-15)13-4-3-9-18-13/h3-4,9,11-12,14,16H,5-8,10H2,1-2H3. The van der Waals surface area contributed by atoms with Crippen molar-refractivity contribution in [3.8, 4) is 0 Å². The van der Waals surface area contributed by atoms with Crippen molar-refractivity contribution in [2.75, 3.05) is 6.54 Å². The average Bonchev–Trinajstić information content (AvgIpc) is 2.90. The maximum absolute atomic E-state index is 6.57. The van der Waals surface area contributed by atoms with Crippen molar-refractivity contribution in [1.29, 1.82) is 0 Å². The molecule has 1 N–H and O–H groups in total. The zero-order chi connectivity index (χ0) is 12.6. The molecule has 0 amide bonds. The van der Waals surface area contributed by atoms with Gasteiger partial charge in [-0.15, -0.1) is 11.3 Å². The second-order valence-corrected chi connectivity index (χ2v) is 7.07. The first-order chi connectivity index (χ1) is 8.69. The summed E-state index contributed by atoms with van der Waals surface area (Å²) in [7, 11) is 0. The van der Waals surface area contributed by atoms with E-state index in [-0.39, 0.29) is 11.7 Å². The summed E-state index contributed by atoms with van der Waals surface area (Å²) < 4.78 is 6.57. The number of ether oxygens (including phenoxy) is 1. The van der Waals surface area contributed by atoms with Crippen LogP contribution in [0.3, 0.4) is 0 Å². The first kappa shape index (κ1) is 12.6. The van der Waals surface area contributed by atoms with Gasteiger partial charge in [0, 0.05) is 17.5 Å². The SMILES string of the molecule is CC1CCC2(CC1)CNC(C)C(c1cccs1)O2. The van der Waals surface area contributed by atoms with Crippen LogP contribution in [-0.4, -0.2) is 18.2 Å². The second kappa shape index (κ2) is 4.95. The largest absolute Gasteiger partial charge is 0.363 e. The third-order valence-electron chi connectivity index (χ3n) is 4.59. The molecule has 1 saturated heterocycles. The summed E-state index contributed by atoms with van der Waals surface area (Å²) in [5.74, 6) is 0.874. The molecule has 1 aromatic rings. The van der Waals surface area contributed by atoms with Crippen LogP contribution < -0.4 is 5.32 Å². The topological polar surface area (TPSA) is 21.3 Å². The Bertz CT molecular complexity index is 376. The molecule has 2 fully saturated rings. The Morgan fingerprint density at radius 2 is 2.11 bits per heavy atom. The van der Waals surface area contributed by atoms with Crippen LogP contribution in [0.25, 0.3) is 0 Å². The lowest BCUT2D eigenvalue weighted by molar-refractivity contribution is -0.154. The Kier molecular flexibility index (Phi) is 3.48. The van der Waals surface area contributed by atoms with Crippen LogP contribution in [0.4, 0.5) is 0 Å². The summed E-state index contributed by atoms with van der Waals surface area (Å²) in [5, 5.41) is 5.83. The van der Waals surface area contributed by atoms with Crippen LogP contribution in [0.1, 0.15) is 50.5 Å². The molecule has 3 heteroatoms. The second-order valence-electron chi connectivity index (χ2n) is 6.09. The quantitative estimate of drug-likeness (QED) is 0.835. The van der Waals surface area contributed by atoms with Crippen molar-refractivity contribution >= 4 is 11.3 Å².